The van der Waals surface area contributed by atoms with Crippen LogP contribution in [0, 0.1) is 0 Å². The summed E-state index contributed by atoms with van der Waals surface area (Å²) in [5.74, 6) is -1.68. The Morgan fingerprint density at radius 1 is 0.655 bits per heavy atom. The predicted molar refractivity (Wildman–Crippen MR) is 113 cm³/mol. The molecular weight excluding hydrogens is 380 g/mol. The maximum absolute atomic E-state index is 11.7. The molecule has 0 aromatic heterocycles. The van der Waals surface area contributed by atoms with Gasteiger partial charge in [-0.15, -0.1) is 0 Å². The van der Waals surface area contributed by atoms with E-state index in [9.17, 15) is 15.0 Å². The van der Waals surface area contributed by atoms with Gasteiger partial charge in [-0.2, -0.15) is 0 Å². The van der Waals surface area contributed by atoms with Crippen LogP contribution in [-0.2, 0) is 10.9 Å². The molecule has 0 unspecified atom stereocenters. The Labute approximate surface area is 172 Å². The van der Waals surface area contributed by atoms with Crippen LogP contribution in [0.1, 0.15) is 10.4 Å². The summed E-state index contributed by atoms with van der Waals surface area (Å²) in [6.45, 7) is 0. The summed E-state index contributed by atoms with van der Waals surface area (Å²) < 4.78 is 0. The number of rotatable bonds is 5. The number of benzene rings is 4. The Morgan fingerprint density at radius 2 is 1.14 bits per heavy atom. The number of carboxylic acid groups (broad SMARTS) is 1. The third-order valence-electron chi connectivity index (χ3n) is 4.59. The van der Waals surface area contributed by atoms with Crippen molar-refractivity contribution >= 4 is 16.9 Å². The standard InChI is InChI=1S/C25H18O3S/c26-24-16-13-19(17-23(24)25(27)28)18-11-14-22(15-12-18)29(20-7-3-1-4-8-20)21-9-5-2-6-10-21/h1-17H,(H-,26,27,28). The average Bonchev–Trinajstić information content (AvgIpc) is 2.76. The molecule has 0 aliphatic carbocycles. The van der Waals surface area contributed by atoms with E-state index in [1.165, 1.54) is 26.8 Å². The van der Waals surface area contributed by atoms with Crippen LogP contribution < -0.4 is 5.11 Å². The highest BCUT2D eigenvalue weighted by Crippen LogP contribution is 2.33. The SMILES string of the molecule is O=C(O)c1cc(-c2ccc([S+](c3ccccc3)c3ccccc3)cc2)ccc1[O-]. The fraction of sp³-hybridized carbons (Fsp3) is 0. The number of carbonyl (C=O) groups is 1. The minimum absolute atomic E-state index is 0.208. The van der Waals surface area contributed by atoms with Gasteiger partial charge in [-0.25, -0.2) is 4.79 Å². The molecule has 0 amide bonds. The molecule has 1 N–H and O–H groups in total. The normalized spacial score (nSPS) is 10.8. The molecule has 0 aliphatic rings. The Balaban J connectivity index is 1.74. The summed E-state index contributed by atoms with van der Waals surface area (Å²) in [5, 5.41) is 20.9. The number of hydrogen-bond acceptors (Lipinski definition) is 2. The fourth-order valence-corrected chi connectivity index (χ4v) is 5.26. The summed E-state index contributed by atoms with van der Waals surface area (Å²) in [6.07, 6.45) is 0. The molecule has 0 atom stereocenters. The average molecular weight is 398 g/mol. The van der Waals surface area contributed by atoms with Gasteiger partial charge in [0.25, 0.3) is 0 Å². The Bertz CT molecular complexity index is 1080. The topological polar surface area (TPSA) is 60.4 Å². The second-order valence-electron chi connectivity index (χ2n) is 6.47. The lowest BCUT2D eigenvalue weighted by molar-refractivity contribution is -0.268. The zero-order chi connectivity index (χ0) is 20.2. The minimum atomic E-state index is -1.21. The zero-order valence-electron chi connectivity index (χ0n) is 15.5. The number of carboxylic acids is 1. The molecule has 0 saturated carbocycles. The third kappa shape index (κ3) is 4.03. The van der Waals surface area contributed by atoms with Crippen LogP contribution in [0.25, 0.3) is 11.1 Å². The zero-order valence-corrected chi connectivity index (χ0v) is 16.3. The summed E-state index contributed by atoms with van der Waals surface area (Å²) in [7, 11) is -0.239. The van der Waals surface area contributed by atoms with E-state index >= 15 is 0 Å². The maximum atomic E-state index is 11.7. The van der Waals surface area contributed by atoms with Crippen LogP contribution in [-0.4, -0.2) is 11.1 Å². The molecular formula is C25H18O3S. The van der Waals surface area contributed by atoms with E-state index in [0.29, 0.717) is 5.56 Å². The molecule has 0 spiro atoms. The van der Waals surface area contributed by atoms with E-state index in [-0.39, 0.29) is 16.5 Å². The number of aromatic carboxylic acids is 1. The summed E-state index contributed by atoms with van der Waals surface area (Å²) in [6, 6.07) is 33.3. The van der Waals surface area contributed by atoms with Crippen molar-refractivity contribution in [3.05, 3.63) is 109 Å². The van der Waals surface area contributed by atoms with Gasteiger partial charge < -0.3 is 10.2 Å². The molecule has 0 aliphatic heterocycles. The highest BCUT2D eigenvalue weighted by molar-refractivity contribution is 7.97. The molecule has 3 nitrogen and oxygen atoms in total. The molecule has 4 heteroatoms. The van der Waals surface area contributed by atoms with Crippen molar-refractivity contribution in [3.8, 4) is 16.9 Å². The van der Waals surface area contributed by atoms with Crippen molar-refractivity contribution < 1.29 is 15.0 Å². The van der Waals surface area contributed by atoms with Crippen molar-refractivity contribution in [2.45, 2.75) is 14.7 Å². The van der Waals surface area contributed by atoms with Gasteiger partial charge in [0.05, 0.1) is 16.5 Å². The van der Waals surface area contributed by atoms with Crippen molar-refractivity contribution in [1.29, 1.82) is 0 Å². The molecule has 142 valence electrons. The van der Waals surface area contributed by atoms with E-state index in [4.69, 9.17) is 0 Å². The van der Waals surface area contributed by atoms with Gasteiger partial charge in [0, 0.05) is 0 Å². The first-order valence-electron chi connectivity index (χ1n) is 9.12. The largest absolute Gasteiger partial charge is 0.872 e. The summed E-state index contributed by atoms with van der Waals surface area (Å²) in [5.41, 5.74) is 1.38. The van der Waals surface area contributed by atoms with Gasteiger partial charge in [0.1, 0.15) is 0 Å². The van der Waals surface area contributed by atoms with E-state index in [2.05, 4.69) is 36.4 Å². The molecule has 4 aromatic rings. The first-order chi connectivity index (χ1) is 14.1. The van der Waals surface area contributed by atoms with Crippen molar-refractivity contribution in [3.63, 3.8) is 0 Å². The van der Waals surface area contributed by atoms with Gasteiger partial charge in [-0.05, 0) is 65.7 Å². The monoisotopic (exact) mass is 398 g/mol. The minimum Gasteiger partial charge on any atom is -0.872 e. The second-order valence-corrected chi connectivity index (χ2v) is 8.50. The molecule has 4 aromatic carbocycles. The molecule has 0 bridgehead atoms. The van der Waals surface area contributed by atoms with Gasteiger partial charge in [0.2, 0.25) is 0 Å². The summed E-state index contributed by atoms with van der Waals surface area (Å²) in [4.78, 5) is 14.9. The highest BCUT2D eigenvalue weighted by Gasteiger charge is 2.28. The molecule has 0 saturated heterocycles. The first-order valence-corrected chi connectivity index (χ1v) is 10.3. The Hall–Kier alpha value is -3.50. The molecule has 0 radical (unpaired) electrons. The van der Waals surface area contributed by atoms with E-state index in [1.54, 1.807) is 6.07 Å². The van der Waals surface area contributed by atoms with Crippen LogP contribution in [0.5, 0.6) is 5.75 Å². The van der Waals surface area contributed by atoms with Gasteiger partial charge in [-0.3, -0.25) is 0 Å². The molecule has 0 heterocycles. The molecule has 29 heavy (non-hydrogen) atoms. The second kappa shape index (κ2) is 8.25. The van der Waals surface area contributed by atoms with Gasteiger partial charge in [-0.1, -0.05) is 54.3 Å². The predicted octanol–water partition coefficient (Wildman–Crippen LogP) is 5.22. The lowest BCUT2D eigenvalue weighted by Crippen LogP contribution is -2.05. The lowest BCUT2D eigenvalue weighted by Gasteiger charge is -2.12. The quantitative estimate of drug-likeness (QED) is 0.469. The van der Waals surface area contributed by atoms with Gasteiger partial charge in [0.15, 0.2) is 14.7 Å². The third-order valence-corrected chi connectivity index (χ3v) is 6.82. The fourth-order valence-electron chi connectivity index (χ4n) is 3.18. The highest BCUT2D eigenvalue weighted by atomic mass is 32.2. The van der Waals surface area contributed by atoms with Crippen molar-refractivity contribution in [1.82, 2.24) is 0 Å². The van der Waals surface area contributed by atoms with Crippen LogP contribution in [0.4, 0.5) is 0 Å². The van der Waals surface area contributed by atoms with Crippen LogP contribution in [0.15, 0.2) is 118 Å². The Morgan fingerprint density at radius 3 is 1.66 bits per heavy atom. The molecule has 4 rings (SSSR count). The lowest BCUT2D eigenvalue weighted by atomic mass is 10.0. The van der Waals surface area contributed by atoms with Crippen LogP contribution in [0.3, 0.4) is 0 Å². The van der Waals surface area contributed by atoms with Crippen molar-refractivity contribution in [2.75, 3.05) is 0 Å². The smallest absolute Gasteiger partial charge is 0.335 e. The van der Waals surface area contributed by atoms with E-state index in [0.717, 1.165) is 5.56 Å². The van der Waals surface area contributed by atoms with Crippen LogP contribution in [0.2, 0.25) is 0 Å². The van der Waals surface area contributed by atoms with Crippen molar-refractivity contribution in [2.24, 2.45) is 0 Å². The Kier molecular flexibility index (Phi) is 5.36. The van der Waals surface area contributed by atoms with E-state index < -0.39 is 11.7 Å². The molecule has 0 fully saturated rings. The van der Waals surface area contributed by atoms with E-state index in [1.807, 2.05) is 48.5 Å². The first kappa shape index (κ1) is 18.8. The maximum Gasteiger partial charge on any atom is 0.335 e. The summed E-state index contributed by atoms with van der Waals surface area (Å²) >= 11 is 0. The van der Waals surface area contributed by atoms with Crippen LogP contribution >= 0.6 is 0 Å². The van der Waals surface area contributed by atoms with Gasteiger partial charge >= 0.3 is 5.97 Å². The number of hydrogen-bond donors (Lipinski definition) is 1.